The molecule has 4 fully saturated rings. The Bertz CT molecular complexity index is 538. The second-order valence-corrected chi connectivity index (χ2v) is 8.18. The van der Waals surface area contributed by atoms with Gasteiger partial charge in [0.25, 0.3) is 0 Å². The summed E-state index contributed by atoms with van der Waals surface area (Å²) in [5.41, 5.74) is 2.19. The predicted molar refractivity (Wildman–Crippen MR) is 81.9 cm³/mol. The van der Waals surface area contributed by atoms with Gasteiger partial charge in [0.05, 0.1) is 5.60 Å². The standard InChI is InChI=1S/C19H25NO/c21-19(15-8-12-7-13(10-15)11-16(19)9-12)17-5-1-3-14-4-2-6-20-18(14)17/h2,4,6,12-13,15-17,21H,1,3,5,7-11H2. The lowest BCUT2D eigenvalue weighted by atomic mass is 9.46. The van der Waals surface area contributed by atoms with Gasteiger partial charge in [0.1, 0.15) is 0 Å². The van der Waals surface area contributed by atoms with Crippen LogP contribution in [-0.4, -0.2) is 15.7 Å². The highest BCUT2D eigenvalue weighted by atomic mass is 16.3. The third-order valence-electron chi connectivity index (χ3n) is 7.20. The molecular formula is C19H25NO. The van der Waals surface area contributed by atoms with E-state index in [-0.39, 0.29) is 0 Å². The van der Waals surface area contributed by atoms with E-state index in [0.29, 0.717) is 17.8 Å². The first-order valence-electron chi connectivity index (χ1n) is 8.91. The molecular weight excluding hydrogens is 258 g/mol. The summed E-state index contributed by atoms with van der Waals surface area (Å²) in [6.07, 6.45) is 12.0. The van der Waals surface area contributed by atoms with Gasteiger partial charge in [-0.25, -0.2) is 0 Å². The lowest BCUT2D eigenvalue weighted by Crippen LogP contribution is -2.60. The molecule has 1 heterocycles. The largest absolute Gasteiger partial charge is 0.389 e. The molecule has 1 aromatic rings. The van der Waals surface area contributed by atoms with Crippen LogP contribution in [0.15, 0.2) is 18.3 Å². The van der Waals surface area contributed by atoms with Gasteiger partial charge in [0, 0.05) is 17.8 Å². The van der Waals surface area contributed by atoms with Crippen molar-refractivity contribution in [1.29, 1.82) is 0 Å². The molecule has 1 atom stereocenters. The number of nitrogens with zero attached hydrogens (tertiary/aromatic N) is 1. The smallest absolute Gasteiger partial charge is 0.0787 e. The van der Waals surface area contributed by atoms with Crippen LogP contribution in [0.2, 0.25) is 0 Å². The van der Waals surface area contributed by atoms with E-state index in [9.17, 15) is 5.11 Å². The van der Waals surface area contributed by atoms with Crippen LogP contribution in [0.4, 0.5) is 0 Å². The van der Waals surface area contributed by atoms with E-state index in [2.05, 4.69) is 12.1 Å². The molecule has 2 nitrogen and oxygen atoms in total. The van der Waals surface area contributed by atoms with Crippen LogP contribution in [-0.2, 0) is 6.42 Å². The molecule has 5 aliphatic rings. The van der Waals surface area contributed by atoms with E-state index in [4.69, 9.17) is 4.98 Å². The van der Waals surface area contributed by atoms with E-state index >= 15 is 0 Å². The highest BCUT2D eigenvalue weighted by Crippen LogP contribution is 2.62. The van der Waals surface area contributed by atoms with Gasteiger partial charge in [-0.05, 0) is 86.7 Å². The molecule has 21 heavy (non-hydrogen) atoms. The van der Waals surface area contributed by atoms with Crippen molar-refractivity contribution >= 4 is 0 Å². The topological polar surface area (TPSA) is 33.1 Å². The predicted octanol–water partition coefficient (Wildman–Crippen LogP) is 3.69. The van der Waals surface area contributed by atoms with Crippen LogP contribution in [0.1, 0.15) is 62.1 Å². The first kappa shape index (κ1) is 12.6. The Kier molecular flexibility index (Phi) is 2.60. The maximum atomic E-state index is 11.8. The zero-order chi connectivity index (χ0) is 14.0. The van der Waals surface area contributed by atoms with Crippen molar-refractivity contribution in [2.45, 2.75) is 62.9 Å². The number of aryl methyl sites for hydroxylation is 1. The normalized spacial score (nSPS) is 47.4. The Morgan fingerprint density at radius 3 is 2.48 bits per heavy atom. The number of aliphatic hydroxyl groups is 1. The van der Waals surface area contributed by atoms with Gasteiger partial charge in [0.15, 0.2) is 0 Å². The Morgan fingerprint density at radius 1 is 1.05 bits per heavy atom. The van der Waals surface area contributed by atoms with Crippen LogP contribution in [0.25, 0.3) is 0 Å². The summed E-state index contributed by atoms with van der Waals surface area (Å²) < 4.78 is 0. The molecule has 1 N–H and O–H groups in total. The minimum atomic E-state index is -0.447. The number of aromatic nitrogens is 1. The number of hydrogen-bond acceptors (Lipinski definition) is 2. The maximum Gasteiger partial charge on any atom is 0.0787 e. The highest BCUT2D eigenvalue weighted by molar-refractivity contribution is 5.30. The Morgan fingerprint density at radius 2 is 1.76 bits per heavy atom. The lowest BCUT2D eigenvalue weighted by molar-refractivity contribution is -0.188. The van der Waals surface area contributed by atoms with E-state index in [1.54, 1.807) is 0 Å². The SMILES string of the molecule is OC1(C2CCCc3cccnc32)C2CC3CC(C2)CC1C3. The van der Waals surface area contributed by atoms with E-state index in [1.807, 2.05) is 6.20 Å². The first-order valence-corrected chi connectivity index (χ1v) is 8.91. The van der Waals surface area contributed by atoms with Crippen LogP contribution in [0, 0.1) is 23.7 Å². The lowest BCUT2D eigenvalue weighted by Gasteiger charge is -2.61. The molecule has 0 spiro atoms. The van der Waals surface area contributed by atoms with Crippen molar-refractivity contribution in [2.75, 3.05) is 0 Å². The van der Waals surface area contributed by atoms with Crippen molar-refractivity contribution < 1.29 is 5.11 Å². The quantitative estimate of drug-likeness (QED) is 0.852. The molecule has 2 heteroatoms. The maximum absolute atomic E-state index is 11.8. The van der Waals surface area contributed by atoms with Crippen molar-refractivity contribution in [1.82, 2.24) is 4.98 Å². The number of hydrogen-bond donors (Lipinski definition) is 1. The Labute approximate surface area is 127 Å². The molecule has 0 aliphatic heterocycles. The Balaban J connectivity index is 1.58. The highest BCUT2D eigenvalue weighted by Gasteiger charge is 2.60. The van der Waals surface area contributed by atoms with Gasteiger partial charge >= 0.3 is 0 Å². The fourth-order valence-electron chi connectivity index (χ4n) is 6.57. The molecule has 5 aliphatic carbocycles. The molecule has 0 saturated heterocycles. The van der Waals surface area contributed by atoms with Crippen LogP contribution in [0.5, 0.6) is 0 Å². The fraction of sp³-hybridized carbons (Fsp3) is 0.737. The summed E-state index contributed by atoms with van der Waals surface area (Å²) in [6.45, 7) is 0. The molecule has 4 bridgehead atoms. The number of rotatable bonds is 1. The van der Waals surface area contributed by atoms with Crippen molar-refractivity contribution in [3.05, 3.63) is 29.6 Å². The molecule has 4 saturated carbocycles. The van der Waals surface area contributed by atoms with Gasteiger partial charge in [0.2, 0.25) is 0 Å². The van der Waals surface area contributed by atoms with Crippen LogP contribution in [0.3, 0.4) is 0 Å². The van der Waals surface area contributed by atoms with Gasteiger partial charge < -0.3 is 5.11 Å². The van der Waals surface area contributed by atoms with Crippen LogP contribution < -0.4 is 0 Å². The van der Waals surface area contributed by atoms with E-state index in [0.717, 1.165) is 24.7 Å². The minimum Gasteiger partial charge on any atom is -0.389 e. The van der Waals surface area contributed by atoms with Gasteiger partial charge in [-0.15, -0.1) is 0 Å². The van der Waals surface area contributed by atoms with Crippen molar-refractivity contribution in [3.63, 3.8) is 0 Å². The zero-order valence-corrected chi connectivity index (χ0v) is 12.7. The monoisotopic (exact) mass is 283 g/mol. The summed E-state index contributed by atoms with van der Waals surface area (Å²) in [7, 11) is 0. The zero-order valence-electron chi connectivity index (χ0n) is 12.7. The molecule has 0 amide bonds. The van der Waals surface area contributed by atoms with Crippen LogP contribution >= 0.6 is 0 Å². The van der Waals surface area contributed by atoms with Gasteiger partial charge in [-0.3, -0.25) is 4.98 Å². The second-order valence-electron chi connectivity index (χ2n) is 8.18. The third-order valence-corrected chi connectivity index (χ3v) is 7.20. The number of pyridine rings is 1. The molecule has 112 valence electrons. The summed E-state index contributed by atoms with van der Waals surface area (Å²) in [6, 6.07) is 4.29. The average Bonchev–Trinajstić information content (AvgIpc) is 2.51. The summed E-state index contributed by atoms with van der Waals surface area (Å²) >= 11 is 0. The molecule has 1 unspecified atom stereocenters. The summed E-state index contributed by atoms with van der Waals surface area (Å²) in [5, 5.41) is 11.8. The molecule has 1 aromatic heterocycles. The molecule has 0 aromatic carbocycles. The third kappa shape index (κ3) is 1.66. The Hall–Kier alpha value is -0.890. The van der Waals surface area contributed by atoms with Crippen molar-refractivity contribution in [3.8, 4) is 0 Å². The molecule has 6 rings (SSSR count). The summed E-state index contributed by atoms with van der Waals surface area (Å²) in [4.78, 5) is 4.72. The van der Waals surface area contributed by atoms with Gasteiger partial charge in [-0.2, -0.15) is 0 Å². The second kappa shape index (κ2) is 4.32. The number of fused-ring (bicyclic) bond motifs is 1. The first-order chi connectivity index (χ1) is 10.2. The minimum absolute atomic E-state index is 0.303. The summed E-state index contributed by atoms with van der Waals surface area (Å²) in [5.74, 6) is 3.23. The van der Waals surface area contributed by atoms with Crippen molar-refractivity contribution in [2.24, 2.45) is 23.7 Å². The van der Waals surface area contributed by atoms with Gasteiger partial charge in [-0.1, -0.05) is 6.07 Å². The van der Waals surface area contributed by atoms with E-state index < -0.39 is 5.60 Å². The van der Waals surface area contributed by atoms with E-state index in [1.165, 1.54) is 49.8 Å². The fourth-order valence-corrected chi connectivity index (χ4v) is 6.57. The molecule has 0 radical (unpaired) electrons. The average molecular weight is 283 g/mol.